The topological polar surface area (TPSA) is 56.9 Å². The van der Waals surface area contributed by atoms with Crippen LogP contribution in [0, 0.1) is 4.77 Å². The first-order valence-corrected chi connectivity index (χ1v) is 10.5. The molecule has 0 saturated carbocycles. The molecule has 29 heavy (non-hydrogen) atoms. The first-order valence-electron chi connectivity index (χ1n) is 10.1. The van der Waals surface area contributed by atoms with Crippen LogP contribution in [0.15, 0.2) is 12.1 Å². The minimum Gasteiger partial charge on any atom is -0.493 e. The largest absolute Gasteiger partial charge is 0.493 e. The summed E-state index contributed by atoms with van der Waals surface area (Å²) in [7, 11) is 3.35. The van der Waals surface area contributed by atoms with Crippen molar-refractivity contribution in [1.82, 2.24) is 19.2 Å². The molecule has 8 nitrogen and oxygen atoms in total. The van der Waals surface area contributed by atoms with Crippen molar-refractivity contribution >= 4 is 18.2 Å². The monoisotopic (exact) mass is 419 g/mol. The summed E-state index contributed by atoms with van der Waals surface area (Å²) in [5.74, 6) is 2.51. The van der Waals surface area contributed by atoms with E-state index in [0.29, 0.717) is 6.67 Å². The Morgan fingerprint density at radius 1 is 1.07 bits per heavy atom. The van der Waals surface area contributed by atoms with Crippen LogP contribution in [0.5, 0.6) is 11.5 Å². The van der Waals surface area contributed by atoms with E-state index in [1.165, 1.54) is 11.1 Å². The van der Waals surface area contributed by atoms with Crippen LogP contribution in [0.4, 0.5) is 5.95 Å². The minimum absolute atomic E-state index is 0.678. The molecule has 0 radical (unpaired) electrons. The van der Waals surface area contributed by atoms with E-state index in [-0.39, 0.29) is 0 Å². The molecule has 0 unspecified atom stereocenters. The van der Waals surface area contributed by atoms with Gasteiger partial charge in [0.1, 0.15) is 0 Å². The molecular formula is C20H29N5O3S. The molecule has 0 N–H and O–H groups in total. The molecule has 0 bridgehead atoms. The zero-order chi connectivity index (χ0) is 20.4. The van der Waals surface area contributed by atoms with Gasteiger partial charge >= 0.3 is 0 Å². The molecule has 0 atom stereocenters. The predicted octanol–water partition coefficient (Wildman–Crippen LogP) is 2.30. The lowest BCUT2D eigenvalue weighted by atomic mass is 9.99. The van der Waals surface area contributed by atoms with Gasteiger partial charge in [-0.3, -0.25) is 9.47 Å². The Hall–Kier alpha value is -2.10. The number of methoxy groups -OCH3 is 2. The second-order valence-corrected chi connectivity index (χ2v) is 7.71. The van der Waals surface area contributed by atoms with Crippen LogP contribution in [0.25, 0.3) is 0 Å². The van der Waals surface area contributed by atoms with Gasteiger partial charge in [-0.05, 0) is 48.8 Å². The van der Waals surface area contributed by atoms with Crippen molar-refractivity contribution in [2.45, 2.75) is 33.1 Å². The third-order valence-electron chi connectivity index (χ3n) is 5.64. The molecule has 0 amide bonds. The SMILES string of the molecule is CCn1c(N2CCOCC2)nn(CN2CCc3cc(OC)c(OC)cc3C2)c1=S. The first kappa shape index (κ1) is 20.2. The van der Waals surface area contributed by atoms with Gasteiger partial charge in [0.05, 0.1) is 34.1 Å². The van der Waals surface area contributed by atoms with Crippen molar-refractivity contribution < 1.29 is 14.2 Å². The molecule has 4 rings (SSSR count). The number of nitrogens with zero attached hydrogens (tertiary/aromatic N) is 5. The van der Waals surface area contributed by atoms with Crippen LogP contribution in [0.1, 0.15) is 18.1 Å². The Morgan fingerprint density at radius 3 is 2.41 bits per heavy atom. The second-order valence-electron chi connectivity index (χ2n) is 7.35. The summed E-state index contributed by atoms with van der Waals surface area (Å²) in [5, 5.41) is 4.87. The maximum absolute atomic E-state index is 5.74. The van der Waals surface area contributed by atoms with Gasteiger partial charge in [0.15, 0.2) is 11.5 Å². The number of benzene rings is 1. The van der Waals surface area contributed by atoms with E-state index >= 15 is 0 Å². The highest BCUT2D eigenvalue weighted by atomic mass is 32.1. The zero-order valence-corrected chi connectivity index (χ0v) is 18.2. The molecular weight excluding hydrogens is 390 g/mol. The number of aromatic nitrogens is 3. The number of morpholine rings is 1. The van der Waals surface area contributed by atoms with Gasteiger partial charge in [-0.15, -0.1) is 5.10 Å². The lowest BCUT2D eigenvalue weighted by Gasteiger charge is -2.29. The van der Waals surface area contributed by atoms with E-state index in [1.54, 1.807) is 14.2 Å². The lowest BCUT2D eigenvalue weighted by molar-refractivity contribution is 0.121. The van der Waals surface area contributed by atoms with Gasteiger partial charge in [-0.2, -0.15) is 0 Å². The van der Waals surface area contributed by atoms with Crippen LogP contribution >= 0.6 is 12.2 Å². The highest BCUT2D eigenvalue weighted by Crippen LogP contribution is 2.33. The molecule has 3 heterocycles. The van der Waals surface area contributed by atoms with Crippen molar-refractivity contribution in [3.8, 4) is 11.5 Å². The predicted molar refractivity (Wildman–Crippen MR) is 113 cm³/mol. The van der Waals surface area contributed by atoms with Crippen LogP contribution < -0.4 is 14.4 Å². The van der Waals surface area contributed by atoms with Crippen molar-refractivity contribution in [1.29, 1.82) is 0 Å². The van der Waals surface area contributed by atoms with Gasteiger partial charge in [0.25, 0.3) is 0 Å². The molecule has 2 aliphatic rings. The quantitative estimate of drug-likeness (QED) is 0.666. The highest BCUT2D eigenvalue weighted by Gasteiger charge is 2.23. The molecule has 1 saturated heterocycles. The fourth-order valence-corrected chi connectivity index (χ4v) is 4.36. The third-order valence-corrected chi connectivity index (χ3v) is 6.08. The average molecular weight is 420 g/mol. The smallest absolute Gasteiger partial charge is 0.226 e. The summed E-state index contributed by atoms with van der Waals surface area (Å²) < 4.78 is 21.2. The van der Waals surface area contributed by atoms with Gasteiger partial charge in [0.2, 0.25) is 10.7 Å². The molecule has 2 aromatic rings. The lowest BCUT2D eigenvalue weighted by Crippen LogP contribution is -2.38. The Kier molecular flexibility index (Phi) is 6.07. The second kappa shape index (κ2) is 8.73. The molecule has 158 valence electrons. The number of fused-ring (bicyclic) bond motifs is 1. The Balaban J connectivity index is 1.54. The number of hydrogen-bond donors (Lipinski definition) is 0. The fourth-order valence-electron chi connectivity index (χ4n) is 4.05. The van der Waals surface area contributed by atoms with Crippen molar-refractivity contribution in [3.63, 3.8) is 0 Å². The molecule has 0 aliphatic carbocycles. The Labute approximate surface area is 176 Å². The van der Waals surface area contributed by atoms with Crippen molar-refractivity contribution in [2.24, 2.45) is 0 Å². The molecule has 2 aliphatic heterocycles. The van der Waals surface area contributed by atoms with E-state index in [1.807, 2.05) is 4.68 Å². The number of ether oxygens (including phenoxy) is 3. The minimum atomic E-state index is 0.678. The molecule has 1 aromatic heterocycles. The summed E-state index contributed by atoms with van der Waals surface area (Å²) in [5.41, 5.74) is 2.58. The molecule has 0 spiro atoms. The summed E-state index contributed by atoms with van der Waals surface area (Å²) in [6.45, 7) is 8.56. The fraction of sp³-hybridized carbons (Fsp3) is 0.600. The van der Waals surface area contributed by atoms with Crippen LogP contribution in [0.3, 0.4) is 0 Å². The third kappa shape index (κ3) is 3.99. The Morgan fingerprint density at radius 2 is 1.76 bits per heavy atom. The highest BCUT2D eigenvalue weighted by molar-refractivity contribution is 7.71. The average Bonchev–Trinajstić information content (AvgIpc) is 3.08. The Bertz CT molecular complexity index is 920. The van der Waals surface area contributed by atoms with E-state index in [4.69, 9.17) is 31.5 Å². The molecule has 1 fully saturated rings. The van der Waals surface area contributed by atoms with Crippen LogP contribution in [-0.2, 0) is 30.9 Å². The van der Waals surface area contributed by atoms with Crippen molar-refractivity contribution in [3.05, 3.63) is 28.0 Å². The van der Waals surface area contributed by atoms with Crippen LogP contribution in [-0.4, -0.2) is 66.3 Å². The van der Waals surface area contributed by atoms with Crippen molar-refractivity contribution in [2.75, 3.05) is 52.0 Å². The van der Waals surface area contributed by atoms with Crippen LogP contribution in [0.2, 0.25) is 0 Å². The summed E-state index contributed by atoms with van der Waals surface area (Å²) in [6, 6.07) is 4.18. The van der Waals surface area contributed by atoms with E-state index in [0.717, 1.165) is 74.6 Å². The number of anilines is 1. The number of hydrogen-bond acceptors (Lipinski definition) is 7. The van der Waals surface area contributed by atoms with E-state index < -0.39 is 0 Å². The zero-order valence-electron chi connectivity index (χ0n) is 17.4. The normalized spacial score (nSPS) is 17.3. The standard InChI is InChI=1S/C20H29N5O3S/c1-4-24-19(23-7-9-28-10-8-23)21-25(20(24)29)14-22-6-5-15-11-17(26-2)18(27-3)12-16(15)13-22/h11-12H,4-10,13-14H2,1-3H3. The van der Waals surface area contributed by atoms with Gasteiger partial charge < -0.3 is 19.1 Å². The number of rotatable bonds is 6. The van der Waals surface area contributed by atoms with Gasteiger partial charge in [-0.25, -0.2) is 4.68 Å². The summed E-state index contributed by atoms with van der Waals surface area (Å²) in [6.07, 6.45) is 0.966. The molecule has 9 heteroatoms. The van der Waals surface area contributed by atoms with Gasteiger partial charge in [-0.1, -0.05) is 0 Å². The maximum atomic E-state index is 5.74. The summed E-state index contributed by atoms with van der Waals surface area (Å²) >= 11 is 5.74. The maximum Gasteiger partial charge on any atom is 0.226 e. The first-order chi connectivity index (χ1) is 14.1. The van der Waals surface area contributed by atoms with Gasteiger partial charge in [0, 0.05) is 32.7 Å². The molecule has 1 aromatic carbocycles. The summed E-state index contributed by atoms with van der Waals surface area (Å²) in [4.78, 5) is 4.64. The van der Waals surface area contributed by atoms with E-state index in [9.17, 15) is 0 Å². The van der Waals surface area contributed by atoms with E-state index in [2.05, 4.69) is 33.4 Å².